The molecule has 0 unspecified atom stereocenters. The largest absolute Gasteiger partial charge is 0.363 e. The maximum atomic E-state index is 12.4. The Morgan fingerprint density at radius 3 is 3.10 bits per heavy atom. The summed E-state index contributed by atoms with van der Waals surface area (Å²) < 4.78 is 15.0. The molecule has 7 heteroatoms. The van der Waals surface area contributed by atoms with Gasteiger partial charge in [-0.1, -0.05) is 6.07 Å². The van der Waals surface area contributed by atoms with Crippen LogP contribution < -0.4 is 5.32 Å². The molecule has 3 rings (SSSR count). The van der Waals surface area contributed by atoms with Gasteiger partial charge in [0.05, 0.1) is 13.2 Å². The molecule has 0 aliphatic carbocycles. The van der Waals surface area contributed by atoms with Crippen molar-refractivity contribution in [2.24, 2.45) is 0 Å². The number of thiophene rings is 1. The van der Waals surface area contributed by atoms with Gasteiger partial charge in [0, 0.05) is 4.88 Å². The SMILES string of the molecule is FCCCc1cc2c(NCc3cccs3)ncnn2c1Br. The lowest BCUT2D eigenvalue weighted by Gasteiger charge is -2.05. The van der Waals surface area contributed by atoms with E-state index in [0.717, 1.165) is 28.0 Å². The van der Waals surface area contributed by atoms with Crippen LogP contribution in [-0.4, -0.2) is 21.3 Å². The molecule has 0 spiro atoms. The van der Waals surface area contributed by atoms with Crippen molar-refractivity contribution in [3.63, 3.8) is 0 Å². The van der Waals surface area contributed by atoms with Gasteiger partial charge in [-0.2, -0.15) is 5.10 Å². The minimum Gasteiger partial charge on any atom is -0.363 e. The highest BCUT2D eigenvalue weighted by atomic mass is 79.9. The van der Waals surface area contributed by atoms with E-state index in [2.05, 4.69) is 42.8 Å². The molecular formula is C14H14BrFN4S. The Balaban J connectivity index is 1.88. The first-order chi connectivity index (χ1) is 10.3. The standard InChI is InChI=1S/C14H14BrFN4S/c15-13-10(3-1-5-16)7-12-14(18-9-19-20(12)13)17-8-11-4-2-6-21-11/h2,4,6-7,9H,1,3,5,8H2,(H,17,18,19). The molecule has 0 saturated heterocycles. The van der Waals surface area contributed by atoms with Gasteiger partial charge in [-0.25, -0.2) is 9.50 Å². The number of nitrogens with zero attached hydrogens (tertiary/aromatic N) is 3. The minimum atomic E-state index is -0.312. The Morgan fingerprint density at radius 1 is 1.43 bits per heavy atom. The van der Waals surface area contributed by atoms with Crippen LogP contribution in [0.15, 0.2) is 34.5 Å². The highest BCUT2D eigenvalue weighted by Crippen LogP contribution is 2.26. The van der Waals surface area contributed by atoms with Crippen LogP contribution in [0.25, 0.3) is 5.52 Å². The molecule has 0 fully saturated rings. The van der Waals surface area contributed by atoms with Gasteiger partial charge < -0.3 is 5.32 Å². The zero-order valence-electron chi connectivity index (χ0n) is 11.2. The fourth-order valence-corrected chi connectivity index (χ4v) is 3.40. The highest BCUT2D eigenvalue weighted by Gasteiger charge is 2.12. The van der Waals surface area contributed by atoms with E-state index >= 15 is 0 Å². The first-order valence-corrected chi connectivity index (χ1v) is 8.30. The van der Waals surface area contributed by atoms with E-state index in [1.807, 2.05) is 12.1 Å². The third-order valence-corrected chi connectivity index (χ3v) is 4.90. The van der Waals surface area contributed by atoms with Gasteiger partial charge in [-0.05, 0) is 51.8 Å². The Hall–Kier alpha value is -1.47. The van der Waals surface area contributed by atoms with Crippen LogP contribution >= 0.6 is 27.3 Å². The van der Waals surface area contributed by atoms with E-state index in [0.29, 0.717) is 12.8 Å². The van der Waals surface area contributed by atoms with Crippen LogP contribution in [0.5, 0.6) is 0 Å². The van der Waals surface area contributed by atoms with Crippen molar-refractivity contribution in [1.82, 2.24) is 14.6 Å². The molecular weight excluding hydrogens is 355 g/mol. The van der Waals surface area contributed by atoms with Crippen LogP contribution in [0.3, 0.4) is 0 Å². The Morgan fingerprint density at radius 2 is 2.33 bits per heavy atom. The molecule has 0 atom stereocenters. The first kappa shape index (κ1) is 14.5. The van der Waals surface area contributed by atoms with E-state index < -0.39 is 0 Å². The van der Waals surface area contributed by atoms with Crippen molar-refractivity contribution >= 4 is 38.6 Å². The van der Waals surface area contributed by atoms with Gasteiger partial charge in [0.25, 0.3) is 0 Å². The Kier molecular flexibility index (Phi) is 4.50. The van der Waals surface area contributed by atoms with E-state index in [4.69, 9.17) is 0 Å². The van der Waals surface area contributed by atoms with Crippen molar-refractivity contribution in [1.29, 1.82) is 0 Å². The summed E-state index contributed by atoms with van der Waals surface area (Å²) in [7, 11) is 0. The number of rotatable bonds is 6. The predicted molar refractivity (Wildman–Crippen MR) is 86.6 cm³/mol. The molecule has 3 heterocycles. The van der Waals surface area contributed by atoms with Crippen LogP contribution in [0.1, 0.15) is 16.9 Å². The third-order valence-electron chi connectivity index (χ3n) is 3.18. The number of aryl methyl sites for hydroxylation is 1. The van der Waals surface area contributed by atoms with E-state index in [-0.39, 0.29) is 6.67 Å². The Labute approximate surface area is 134 Å². The number of anilines is 1. The van der Waals surface area contributed by atoms with E-state index in [1.165, 1.54) is 11.2 Å². The molecule has 110 valence electrons. The summed E-state index contributed by atoms with van der Waals surface area (Å²) in [5.74, 6) is 0.783. The molecule has 0 radical (unpaired) electrons. The maximum Gasteiger partial charge on any atom is 0.154 e. The fraction of sp³-hybridized carbons (Fsp3) is 0.286. The van der Waals surface area contributed by atoms with Gasteiger partial charge >= 0.3 is 0 Å². The molecule has 3 aromatic rings. The molecule has 4 nitrogen and oxygen atoms in total. The smallest absolute Gasteiger partial charge is 0.154 e. The van der Waals surface area contributed by atoms with Gasteiger partial charge in [-0.15, -0.1) is 11.3 Å². The number of nitrogens with one attached hydrogen (secondary N) is 1. The van der Waals surface area contributed by atoms with Crippen molar-refractivity contribution in [2.45, 2.75) is 19.4 Å². The van der Waals surface area contributed by atoms with Crippen LogP contribution in [0.2, 0.25) is 0 Å². The second-order valence-corrected chi connectivity index (χ2v) is 6.37. The molecule has 0 aliphatic heterocycles. The van der Waals surface area contributed by atoms with Crippen LogP contribution in [0.4, 0.5) is 10.2 Å². The molecule has 21 heavy (non-hydrogen) atoms. The van der Waals surface area contributed by atoms with Gasteiger partial charge in [0.1, 0.15) is 16.4 Å². The van der Waals surface area contributed by atoms with Crippen molar-refractivity contribution in [3.8, 4) is 0 Å². The minimum absolute atomic E-state index is 0.312. The summed E-state index contributed by atoms with van der Waals surface area (Å²) in [4.78, 5) is 5.55. The number of fused-ring (bicyclic) bond motifs is 1. The summed E-state index contributed by atoms with van der Waals surface area (Å²) in [6.07, 6.45) is 2.72. The topological polar surface area (TPSA) is 42.2 Å². The lowest BCUT2D eigenvalue weighted by molar-refractivity contribution is 0.472. The summed E-state index contributed by atoms with van der Waals surface area (Å²) >= 11 is 5.23. The monoisotopic (exact) mass is 368 g/mol. The second kappa shape index (κ2) is 6.53. The number of hydrogen-bond donors (Lipinski definition) is 1. The quantitative estimate of drug-likeness (QED) is 0.712. The van der Waals surface area contributed by atoms with E-state index in [9.17, 15) is 4.39 Å². The lowest BCUT2D eigenvalue weighted by Crippen LogP contribution is -2.03. The Bertz CT molecular complexity index is 726. The predicted octanol–water partition coefficient (Wildman–Crippen LogP) is 4.07. The van der Waals surface area contributed by atoms with E-state index in [1.54, 1.807) is 15.9 Å². The number of aromatic nitrogens is 3. The molecule has 0 saturated carbocycles. The van der Waals surface area contributed by atoms with Gasteiger partial charge in [0.15, 0.2) is 5.82 Å². The average molecular weight is 369 g/mol. The van der Waals surface area contributed by atoms with Crippen molar-refractivity contribution in [2.75, 3.05) is 12.0 Å². The number of halogens is 2. The molecule has 0 aromatic carbocycles. The summed E-state index contributed by atoms with van der Waals surface area (Å²) in [6, 6.07) is 6.12. The molecule has 0 amide bonds. The third kappa shape index (κ3) is 3.08. The summed E-state index contributed by atoms with van der Waals surface area (Å²) in [6.45, 7) is 0.417. The lowest BCUT2D eigenvalue weighted by atomic mass is 10.2. The molecule has 3 aromatic heterocycles. The summed E-state index contributed by atoms with van der Waals surface area (Å²) in [5.41, 5.74) is 1.95. The number of hydrogen-bond acceptors (Lipinski definition) is 4. The fourth-order valence-electron chi connectivity index (χ4n) is 2.16. The van der Waals surface area contributed by atoms with Crippen molar-refractivity contribution < 1.29 is 4.39 Å². The highest BCUT2D eigenvalue weighted by molar-refractivity contribution is 9.10. The normalized spacial score (nSPS) is 11.1. The van der Waals surface area contributed by atoms with Crippen LogP contribution in [0, 0.1) is 0 Å². The van der Waals surface area contributed by atoms with Gasteiger partial charge in [-0.3, -0.25) is 4.39 Å². The molecule has 0 bridgehead atoms. The van der Waals surface area contributed by atoms with Crippen LogP contribution in [-0.2, 0) is 13.0 Å². The zero-order chi connectivity index (χ0) is 14.7. The second-order valence-electron chi connectivity index (χ2n) is 4.59. The average Bonchev–Trinajstić information content (AvgIpc) is 3.12. The van der Waals surface area contributed by atoms with Crippen molar-refractivity contribution in [3.05, 3.63) is 45.0 Å². The number of alkyl halides is 1. The zero-order valence-corrected chi connectivity index (χ0v) is 13.6. The van der Waals surface area contributed by atoms with Gasteiger partial charge in [0.2, 0.25) is 0 Å². The molecule has 1 N–H and O–H groups in total. The first-order valence-electron chi connectivity index (χ1n) is 6.63. The maximum absolute atomic E-state index is 12.4. The molecule has 0 aliphatic rings. The summed E-state index contributed by atoms with van der Waals surface area (Å²) in [5, 5.41) is 9.62.